The summed E-state index contributed by atoms with van der Waals surface area (Å²) in [7, 11) is 2.04. The summed E-state index contributed by atoms with van der Waals surface area (Å²) in [6, 6.07) is 4.82. The summed E-state index contributed by atoms with van der Waals surface area (Å²) < 4.78 is 0.354. The minimum atomic E-state index is 0.354. The molecule has 0 radical (unpaired) electrons. The van der Waals surface area contributed by atoms with Crippen LogP contribution in [0.15, 0.2) is 17.5 Å². The third kappa shape index (κ3) is 4.03. The minimum Gasteiger partial charge on any atom is -0.312 e. The third-order valence-electron chi connectivity index (χ3n) is 1.92. The van der Waals surface area contributed by atoms with E-state index < -0.39 is 0 Å². The molecule has 0 spiro atoms. The van der Waals surface area contributed by atoms with Crippen molar-refractivity contribution in [2.24, 2.45) is 0 Å². The molecule has 1 N–H and O–H groups in total. The lowest BCUT2D eigenvalue weighted by Crippen LogP contribution is -2.20. The van der Waals surface area contributed by atoms with Crippen LogP contribution in [0.5, 0.6) is 0 Å². The smallest absolute Gasteiger partial charge is 0.0504 e. The first-order valence-corrected chi connectivity index (χ1v) is 6.74. The van der Waals surface area contributed by atoms with Gasteiger partial charge in [-0.15, -0.1) is 11.3 Å². The molecule has 3 heteroatoms. The number of hydrogen-bond donors (Lipinski definition) is 1. The number of thiophene rings is 1. The largest absolute Gasteiger partial charge is 0.312 e. The first-order valence-electron chi connectivity index (χ1n) is 4.87. The van der Waals surface area contributed by atoms with Crippen LogP contribution in [0, 0.1) is 0 Å². The molecule has 1 aromatic rings. The second kappa shape index (κ2) is 5.19. The van der Waals surface area contributed by atoms with Crippen molar-refractivity contribution in [3.8, 4) is 0 Å². The molecule has 0 fully saturated rings. The molecule has 0 aliphatic heterocycles. The molecule has 0 amide bonds. The van der Waals surface area contributed by atoms with Crippen LogP contribution >= 0.6 is 23.1 Å². The van der Waals surface area contributed by atoms with Crippen LogP contribution in [-0.2, 0) is 0 Å². The van der Waals surface area contributed by atoms with Crippen LogP contribution < -0.4 is 5.32 Å². The molecule has 1 aromatic heterocycles. The van der Waals surface area contributed by atoms with E-state index in [4.69, 9.17) is 0 Å². The summed E-state index contributed by atoms with van der Waals surface area (Å²) in [5.74, 6) is 1.14. The molecule has 0 bridgehead atoms. The van der Waals surface area contributed by atoms with Gasteiger partial charge >= 0.3 is 0 Å². The van der Waals surface area contributed by atoms with Crippen molar-refractivity contribution in [1.82, 2.24) is 5.32 Å². The zero-order chi connectivity index (χ0) is 10.6. The monoisotopic (exact) mass is 229 g/mol. The summed E-state index contributed by atoms with van der Waals surface area (Å²) in [4.78, 5) is 1.43. The molecule has 14 heavy (non-hydrogen) atoms. The van der Waals surface area contributed by atoms with Crippen LogP contribution in [0.25, 0.3) is 0 Å². The van der Waals surface area contributed by atoms with E-state index in [9.17, 15) is 0 Å². The second-order valence-electron chi connectivity index (χ2n) is 4.28. The SMILES string of the molecule is CNC(CSC(C)(C)C)c1cccs1. The fourth-order valence-corrected chi connectivity index (χ4v) is 3.09. The van der Waals surface area contributed by atoms with Crippen LogP contribution in [0.2, 0.25) is 0 Å². The highest BCUT2D eigenvalue weighted by Gasteiger charge is 2.16. The number of thioether (sulfide) groups is 1. The predicted octanol–water partition coefficient (Wildman–Crippen LogP) is 3.54. The van der Waals surface area contributed by atoms with Crippen LogP contribution in [0.3, 0.4) is 0 Å². The van der Waals surface area contributed by atoms with Gasteiger partial charge in [-0.3, -0.25) is 0 Å². The van der Waals surface area contributed by atoms with E-state index in [2.05, 4.69) is 43.6 Å². The highest BCUT2D eigenvalue weighted by molar-refractivity contribution is 8.00. The third-order valence-corrected chi connectivity index (χ3v) is 4.27. The molecule has 1 nitrogen and oxygen atoms in total. The highest BCUT2D eigenvalue weighted by atomic mass is 32.2. The molecule has 0 aliphatic carbocycles. The van der Waals surface area contributed by atoms with Gasteiger partial charge in [-0.2, -0.15) is 11.8 Å². The highest BCUT2D eigenvalue weighted by Crippen LogP contribution is 2.29. The Labute approximate surface area is 95.3 Å². The molecule has 1 heterocycles. The van der Waals surface area contributed by atoms with E-state index in [1.54, 1.807) is 0 Å². The van der Waals surface area contributed by atoms with E-state index in [1.807, 2.05) is 30.1 Å². The Morgan fingerprint density at radius 2 is 2.21 bits per heavy atom. The van der Waals surface area contributed by atoms with Crippen LogP contribution in [-0.4, -0.2) is 17.5 Å². The first kappa shape index (κ1) is 12.1. The predicted molar refractivity (Wildman–Crippen MR) is 68.3 cm³/mol. The molecular formula is C11H19NS2. The van der Waals surface area contributed by atoms with Gasteiger partial charge in [-0.25, -0.2) is 0 Å². The van der Waals surface area contributed by atoms with Gasteiger partial charge in [0.15, 0.2) is 0 Å². The average molecular weight is 229 g/mol. The Balaban J connectivity index is 2.49. The van der Waals surface area contributed by atoms with Gasteiger partial charge in [0, 0.05) is 15.4 Å². The zero-order valence-corrected chi connectivity index (χ0v) is 11.0. The molecule has 1 rings (SSSR count). The minimum absolute atomic E-state index is 0.354. The van der Waals surface area contributed by atoms with Gasteiger partial charge in [-0.05, 0) is 18.5 Å². The van der Waals surface area contributed by atoms with Gasteiger partial charge in [0.1, 0.15) is 0 Å². The van der Waals surface area contributed by atoms with Crippen molar-refractivity contribution in [1.29, 1.82) is 0 Å². The van der Waals surface area contributed by atoms with Crippen molar-refractivity contribution in [2.75, 3.05) is 12.8 Å². The van der Waals surface area contributed by atoms with E-state index in [0.717, 1.165) is 5.75 Å². The van der Waals surface area contributed by atoms with Gasteiger partial charge in [0.05, 0.1) is 6.04 Å². The van der Waals surface area contributed by atoms with Gasteiger partial charge in [-0.1, -0.05) is 26.8 Å². The van der Waals surface area contributed by atoms with E-state index in [-0.39, 0.29) is 0 Å². The van der Waals surface area contributed by atoms with Crippen LogP contribution in [0.4, 0.5) is 0 Å². The summed E-state index contributed by atoms with van der Waals surface area (Å²) in [6.07, 6.45) is 0. The number of hydrogen-bond acceptors (Lipinski definition) is 3. The molecule has 0 saturated heterocycles. The fourth-order valence-electron chi connectivity index (χ4n) is 1.13. The fraction of sp³-hybridized carbons (Fsp3) is 0.636. The zero-order valence-electron chi connectivity index (χ0n) is 9.33. The Morgan fingerprint density at radius 1 is 1.50 bits per heavy atom. The Hall–Kier alpha value is 0.01000. The number of nitrogens with one attached hydrogen (secondary N) is 1. The molecule has 1 unspecified atom stereocenters. The Morgan fingerprint density at radius 3 is 2.64 bits per heavy atom. The molecule has 0 saturated carbocycles. The summed E-state index contributed by atoms with van der Waals surface area (Å²) in [5.41, 5.74) is 0. The number of rotatable bonds is 4. The van der Waals surface area contributed by atoms with Crippen molar-refractivity contribution < 1.29 is 0 Å². The van der Waals surface area contributed by atoms with Gasteiger partial charge in [0.25, 0.3) is 0 Å². The van der Waals surface area contributed by atoms with Crippen molar-refractivity contribution in [2.45, 2.75) is 31.6 Å². The van der Waals surface area contributed by atoms with E-state index in [1.165, 1.54) is 4.88 Å². The molecule has 0 aliphatic rings. The van der Waals surface area contributed by atoms with Crippen molar-refractivity contribution in [3.05, 3.63) is 22.4 Å². The first-order chi connectivity index (χ1) is 6.53. The van der Waals surface area contributed by atoms with Crippen LogP contribution in [0.1, 0.15) is 31.7 Å². The topological polar surface area (TPSA) is 12.0 Å². The average Bonchev–Trinajstić information content (AvgIpc) is 2.56. The van der Waals surface area contributed by atoms with Gasteiger partial charge in [0.2, 0.25) is 0 Å². The normalized spacial score (nSPS) is 14.3. The molecule has 80 valence electrons. The summed E-state index contributed by atoms with van der Waals surface area (Å²) >= 11 is 3.84. The summed E-state index contributed by atoms with van der Waals surface area (Å²) in [5, 5.41) is 5.51. The van der Waals surface area contributed by atoms with E-state index >= 15 is 0 Å². The van der Waals surface area contributed by atoms with Crippen molar-refractivity contribution >= 4 is 23.1 Å². The standard InChI is InChI=1S/C11H19NS2/c1-11(2,3)14-8-9(12-4)10-6-5-7-13-10/h5-7,9,12H,8H2,1-4H3. The lowest BCUT2D eigenvalue weighted by Gasteiger charge is -2.21. The maximum Gasteiger partial charge on any atom is 0.0504 e. The Bertz CT molecular complexity index is 249. The molecular weight excluding hydrogens is 210 g/mol. The lowest BCUT2D eigenvalue weighted by atomic mass is 10.2. The maximum atomic E-state index is 3.37. The van der Waals surface area contributed by atoms with Gasteiger partial charge < -0.3 is 5.32 Å². The lowest BCUT2D eigenvalue weighted by molar-refractivity contribution is 0.667. The maximum absolute atomic E-state index is 3.37. The Kier molecular flexibility index (Phi) is 4.48. The molecule has 0 aromatic carbocycles. The quantitative estimate of drug-likeness (QED) is 0.847. The summed E-state index contributed by atoms with van der Waals surface area (Å²) in [6.45, 7) is 6.79. The van der Waals surface area contributed by atoms with Crippen molar-refractivity contribution in [3.63, 3.8) is 0 Å². The van der Waals surface area contributed by atoms with E-state index in [0.29, 0.717) is 10.8 Å². The second-order valence-corrected chi connectivity index (χ2v) is 7.11. The molecule has 1 atom stereocenters.